The highest BCUT2D eigenvalue weighted by Crippen LogP contribution is 2.25. The third-order valence-electron chi connectivity index (χ3n) is 3.04. The van der Waals surface area contributed by atoms with E-state index < -0.39 is 0 Å². The van der Waals surface area contributed by atoms with E-state index in [0.717, 1.165) is 10.9 Å². The van der Waals surface area contributed by atoms with Crippen molar-refractivity contribution in [2.24, 2.45) is 5.73 Å². The summed E-state index contributed by atoms with van der Waals surface area (Å²) >= 11 is 0. The van der Waals surface area contributed by atoms with E-state index in [-0.39, 0.29) is 11.9 Å². The molecule has 0 spiro atoms. The van der Waals surface area contributed by atoms with E-state index in [0.29, 0.717) is 17.8 Å². The van der Waals surface area contributed by atoms with Gasteiger partial charge in [-0.15, -0.1) is 0 Å². The Kier molecular flexibility index (Phi) is 3.01. The highest BCUT2D eigenvalue weighted by molar-refractivity contribution is 5.78. The molecule has 0 aliphatic carbocycles. The van der Waals surface area contributed by atoms with E-state index in [4.69, 9.17) is 10.2 Å². The molecule has 0 amide bonds. The minimum absolute atomic E-state index is 0.264. The van der Waals surface area contributed by atoms with Crippen molar-refractivity contribution in [3.8, 4) is 0 Å². The maximum atomic E-state index is 13.1. The summed E-state index contributed by atoms with van der Waals surface area (Å²) in [6.07, 6.45) is 4.14. The van der Waals surface area contributed by atoms with Gasteiger partial charge in [-0.1, -0.05) is 6.07 Å². The van der Waals surface area contributed by atoms with Crippen LogP contribution in [0.5, 0.6) is 0 Å². The summed E-state index contributed by atoms with van der Waals surface area (Å²) < 4.78 is 18.8. The Balaban J connectivity index is 1.87. The number of nitrogens with zero attached hydrogens (tertiary/aromatic N) is 1. The van der Waals surface area contributed by atoms with Crippen LogP contribution < -0.4 is 5.73 Å². The number of rotatable bonds is 3. The molecule has 0 aliphatic heterocycles. The number of benzene rings is 1. The van der Waals surface area contributed by atoms with Gasteiger partial charge in [0.25, 0.3) is 0 Å². The molecule has 0 aliphatic rings. The number of furan rings is 1. The Hall–Kier alpha value is -2.20. The highest BCUT2D eigenvalue weighted by atomic mass is 19.1. The van der Waals surface area contributed by atoms with Gasteiger partial charge in [0.15, 0.2) is 0 Å². The molecular weight excluding hydrogens is 243 g/mol. The number of hydrogen-bond donors (Lipinski definition) is 1. The maximum absolute atomic E-state index is 13.1. The summed E-state index contributed by atoms with van der Waals surface area (Å²) in [5, 5.41) is 0.733. The Bertz CT molecular complexity index is 694. The minimum Gasteiger partial charge on any atom is -0.459 e. The van der Waals surface area contributed by atoms with Crippen molar-refractivity contribution in [3.05, 3.63) is 65.9 Å². The number of halogens is 1. The lowest BCUT2D eigenvalue weighted by atomic mass is 10.1. The van der Waals surface area contributed by atoms with Gasteiger partial charge < -0.3 is 10.2 Å². The second-order valence-corrected chi connectivity index (χ2v) is 4.50. The first-order valence-corrected chi connectivity index (χ1v) is 6.06. The quantitative estimate of drug-likeness (QED) is 0.782. The molecule has 4 heteroatoms. The average molecular weight is 256 g/mol. The van der Waals surface area contributed by atoms with Gasteiger partial charge in [0.1, 0.15) is 17.2 Å². The number of aromatic nitrogens is 1. The van der Waals surface area contributed by atoms with Crippen molar-refractivity contribution in [1.82, 2.24) is 4.98 Å². The van der Waals surface area contributed by atoms with E-state index >= 15 is 0 Å². The number of nitrogens with two attached hydrogens (primary N) is 1. The first-order valence-electron chi connectivity index (χ1n) is 6.06. The van der Waals surface area contributed by atoms with Gasteiger partial charge in [0, 0.05) is 17.8 Å². The predicted molar refractivity (Wildman–Crippen MR) is 71.0 cm³/mol. The Morgan fingerprint density at radius 3 is 2.95 bits per heavy atom. The predicted octanol–water partition coefficient (Wildman–Crippen LogP) is 3.21. The van der Waals surface area contributed by atoms with Crippen LogP contribution in [0.3, 0.4) is 0 Å². The summed E-state index contributed by atoms with van der Waals surface area (Å²) in [7, 11) is 0. The summed E-state index contributed by atoms with van der Waals surface area (Å²) in [4.78, 5) is 4.05. The number of hydrogen-bond acceptors (Lipinski definition) is 3. The zero-order chi connectivity index (χ0) is 13.2. The van der Waals surface area contributed by atoms with Gasteiger partial charge in [-0.05, 0) is 42.3 Å². The monoisotopic (exact) mass is 256 g/mol. The molecule has 0 saturated heterocycles. The normalized spacial score (nSPS) is 12.7. The number of fused-ring (bicyclic) bond motifs is 1. The molecule has 3 nitrogen and oxygen atoms in total. The lowest BCUT2D eigenvalue weighted by Gasteiger charge is -2.07. The van der Waals surface area contributed by atoms with Crippen molar-refractivity contribution < 1.29 is 8.81 Å². The fourth-order valence-corrected chi connectivity index (χ4v) is 2.09. The van der Waals surface area contributed by atoms with Crippen molar-refractivity contribution in [1.29, 1.82) is 0 Å². The first-order chi connectivity index (χ1) is 9.22. The molecule has 1 aromatic carbocycles. The Labute approximate surface area is 109 Å². The third kappa shape index (κ3) is 2.48. The molecule has 2 aromatic heterocycles. The fourth-order valence-electron chi connectivity index (χ4n) is 2.09. The van der Waals surface area contributed by atoms with Crippen molar-refractivity contribution in [2.45, 2.75) is 12.5 Å². The van der Waals surface area contributed by atoms with Gasteiger partial charge in [0.2, 0.25) is 0 Å². The van der Waals surface area contributed by atoms with Gasteiger partial charge >= 0.3 is 0 Å². The van der Waals surface area contributed by atoms with Crippen molar-refractivity contribution in [3.63, 3.8) is 0 Å². The second-order valence-electron chi connectivity index (χ2n) is 4.50. The topological polar surface area (TPSA) is 52.0 Å². The summed E-state index contributed by atoms with van der Waals surface area (Å²) in [6, 6.07) is 9.80. The van der Waals surface area contributed by atoms with Crippen LogP contribution in [0.1, 0.15) is 17.4 Å². The zero-order valence-electron chi connectivity index (χ0n) is 10.2. The molecule has 96 valence electrons. The van der Waals surface area contributed by atoms with Crippen LogP contribution in [-0.4, -0.2) is 4.98 Å². The lowest BCUT2D eigenvalue weighted by Crippen LogP contribution is -2.12. The molecule has 2 heterocycles. The highest BCUT2D eigenvalue weighted by Gasteiger charge is 2.13. The van der Waals surface area contributed by atoms with Crippen LogP contribution >= 0.6 is 0 Å². The van der Waals surface area contributed by atoms with Crippen LogP contribution in [0.2, 0.25) is 0 Å². The van der Waals surface area contributed by atoms with Crippen molar-refractivity contribution in [2.75, 3.05) is 0 Å². The van der Waals surface area contributed by atoms with Gasteiger partial charge in [-0.25, -0.2) is 4.39 Å². The summed E-state index contributed by atoms with van der Waals surface area (Å²) in [5.74, 6) is 0.380. The fraction of sp³-hybridized carbons (Fsp3) is 0.133. The van der Waals surface area contributed by atoms with E-state index in [9.17, 15) is 4.39 Å². The maximum Gasteiger partial charge on any atom is 0.134 e. The van der Waals surface area contributed by atoms with Crippen LogP contribution in [-0.2, 0) is 6.42 Å². The van der Waals surface area contributed by atoms with Gasteiger partial charge in [-0.2, -0.15) is 0 Å². The molecule has 0 radical (unpaired) electrons. The Morgan fingerprint density at radius 2 is 2.16 bits per heavy atom. The third-order valence-corrected chi connectivity index (χ3v) is 3.04. The van der Waals surface area contributed by atoms with E-state index in [1.165, 1.54) is 12.1 Å². The van der Waals surface area contributed by atoms with E-state index in [2.05, 4.69) is 4.98 Å². The summed E-state index contributed by atoms with van der Waals surface area (Å²) in [5.41, 5.74) is 7.81. The van der Waals surface area contributed by atoms with Crippen LogP contribution in [0, 0.1) is 5.82 Å². The molecule has 19 heavy (non-hydrogen) atoms. The van der Waals surface area contributed by atoms with Crippen LogP contribution in [0.4, 0.5) is 4.39 Å². The van der Waals surface area contributed by atoms with Crippen molar-refractivity contribution >= 4 is 11.0 Å². The molecule has 0 saturated carbocycles. The molecular formula is C15H13FN2O. The molecule has 0 fully saturated rings. The lowest BCUT2D eigenvalue weighted by molar-refractivity contribution is 0.493. The van der Waals surface area contributed by atoms with E-state index in [1.807, 2.05) is 12.1 Å². The van der Waals surface area contributed by atoms with Crippen LogP contribution in [0.25, 0.3) is 11.0 Å². The SMILES string of the molecule is NC(Cc1cccnc1)c1cc2cc(F)ccc2o1. The molecule has 1 atom stereocenters. The molecule has 3 aromatic rings. The second kappa shape index (κ2) is 4.82. The van der Waals surface area contributed by atoms with Gasteiger partial charge in [-0.3, -0.25) is 4.98 Å². The van der Waals surface area contributed by atoms with Gasteiger partial charge in [0.05, 0.1) is 6.04 Å². The molecule has 2 N–H and O–H groups in total. The smallest absolute Gasteiger partial charge is 0.134 e. The molecule has 0 bridgehead atoms. The largest absolute Gasteiger partial charge is 0.459 e. The first kappa shape index (κ1) is 11.9. The van der Waals surface area contributed by atoms with E-state index in [1.54, 1.807) is 24.5 Å². The molecule has 1 unspecified atom stereocenters. The number of pyridine rings is 1. The minimum atomic E-state index is -0.277. The molecule has 3 rings (SSSR count). The zero-order valence-corrected chi connectivity index (χ0v) is 10.2. The Morgan fingerprint density at radius 1 is 1.26 bits per heavy atom. The standard InChI is InChI=1S/C15H13FN2O/c16-12-3-4-14-11(7-12)8-15(19-14)13(17)6-10-2-1-5-18-9-10/h1-5,7-9,13H,6,17H2. The van der Waals surface area contributed by atoms with Crippen LogP contribution in [0.15, 0.2) is 53.2 Å². The average Bonchev–Trinajstić information content (AvgIpc) is 2.83. The summed E-state index contributed by atoms with van der Waals surface area (Å²) in [6.45, 7) is 0.